The smallest absolute Gasteiger partial charge is 0.0524 e. The first-order valence-corrected chi connectivity index (χ1v) is 6.19. The summed E-state index contributed by atoms with van der Waals surface area (Å²) in [5.41, 5.74) is 7.26. The van der Waals surface area contributed by atoms with E-state index >= 15 is 0 Å². The van der Waals surface area contributed by atoms with Crippen molar-refractivity contribution < 1.29 is 0 Å². The van der Waals surface area contributed by atoms with E-state index in [9.17, 15) is 0 Å². The summed E-state index contributed by atoms with van der Waals surface area (Å²) in [6.45, 7) is 8.51. The SMILES string of the molecule is CCn1nccc1CN1CCC(C(C)N)C1. The maximum atomic E-state index is 5.95. The van der Waals surface area contributed by atoms with Crippen molar-refractivity contribution in [3.8, 4) is 0 Å². The van der Waals surface area contributed by atoms with Crippen LogP contribution in [0.3, 0.4) is 0 Å². The van der Waals surface area contributed by atoms with Gasteiger partial charge in [0.25, 0.3) is 0 Å². The molecule has 16 heavy (non-hydrogen) atoms. The standard InChI is InChI=1S/C12H22N4/c1-3-16-12(4-6-14-16)9-15-7-5-11(8-15)10(2)13/h4,6,10-11H,3,5,7-9,13H2,1-2H3. The molecule has 0 bridgehead atoms. The number of rotatable bonds is 4. The fraction of sp³-hybridized carbons (Fsp3) is 0.750. The molecule has 1 aromatic heterocycles. The first-order chi connectivity index (χ1) is 7.70. The highest BCUT2D eigenvalue weighted by Gasteiger charge is 2.25. The second-order valence-electron chi connectivity index (χ2n) is 4.78. The van der Waals surface area contributed by atoms with Crippen LogP contribution in [0.15, 0.2) is 12.3 Å². The summed E-state index contributed by atoms with van der Waals surface area (Å²) in [6, 6.07) is 2.43. The van der Waals surface area contributed by atoms with Gasteiger partial charge in [0.2, 0.25) is 0 Å². The fourth-order valence-electron chi connectivity index (χ4n) is 2.44. The molecule has 0 radical (unpaired) electrons. The van der Waals surface area contributed by atoms with Gasteiger partial charge in [0.1, 0.15) is 0 Å². The molecule has 2 rings (SSSR count). The van der Waals surface area contributed by atoms with Gasteiger partial charge in [-0.1, -0.05) is 0 Å². The molecule has 1 saturated heterocycles. The summed E-state index contributed by atoms with van der Waals surface area (Å²) < 4.78 is 2.07. The summed E-state index contributed by atoms with van der Waals surface area (Å²) in [4.78, 5) is 2.48. The number of aromatic nitrogens is 2. The Kier molecular flexibility index (Phi) is 3.61. The summed E-state index contributed by atoms with van der Waals surface area (Å²) in [5.74, 6) is 0.665. The van der Waals surface area contributed by atoms with Gasteiger partial charge in [-0.25, -0.2) is 0 Å². The third-order valence-electron chi connectivity index (χ3n) is 3.54. The zero-order chi connectivity index (χ0) is 11.5. The van der Waals surface area contributed by atoms with E-state index < -0.39 is 0 Å². The van der Waals surface area contributed by atoms with E-state index in [1.165, 1.54) is 18.7 Å². The molecule has 1 aromatic rings. The Labute approximate surface area is 97.4 Å². The van der Waals surface area contributed by atoms with Gasteiger partial charge in [-0.3, -0.25) is 9.58 Å². The number of likely N-dealkylation sites (tertiary alicyclic amines) is 1. The molecule has 4 heteroatoms. The van der Waals surface area contributed by atoms with Gasteiger partial charge in [-0.2, -0.15) is 5.10 Å². The Morgan fingerprint density at radius 2 is 2.44 bits per heavy atom. The summed E-state index contributed by atoms with van der Waals surface area (Å²) >= 11 is 0. The Morgan fingerprint density at radius 3 is 3.06 bits per heavy atom. The lowest BCUT2D eigenvalue weighted by Gasteiger charge is -2.18. The minimum atomic E-state index is 0.320. The maximum absolute atomic E-state index is 5.95. The van der Waals surface area contributed by atoms with Crippen LogP contribution in [-0.4, -0.2) is 33.8 Å². The van der Waals surface area contributed by atoms with Gasteiger partial charge in [0, 0.05) is 31.9 Å². The predicted octanol–water partition coefficient (Wildman–Crippen LogP) is 1.07. The number of hydrogen-bond donors (Lipinski definition) is 1. The Balaban J connectivity index is 1.92. The third-order valence-corrected chi connectivity index (χ3v) is 3.54. The quantitative estimate of drug-likeness (QED) is 0.829. The molecule has 2 unspecified atom stereocenters. The molecule has 90 valence electrons. The monoisotopic (exact) mass is 222 g/mol. The summed E-state index contributed by atoms with van der Waals surface area (Å²) in [6.07, 6.45) is 3.12. The second kappa shape index (κ2) is 4.97. The lowest BCUT2D eigenvalue weighted by molar-refractivity contribution is 0.298. The lowest BCUT2D eigenvalue weighted by atomic mass is 10.0. The van der Waals surface area contributed by atoms with Gasteiger partial charge in [0.15, 0.2) is 0 Å². The second-order valence-corrected chi connectivity index (χ2v) is 4.78. The van der Waals surface area contributed by atoms with E-state index in [0.29, 0.717) is 12.0 Å². The molecular formula is C12H22N4. The zero-order valence-corrected chi connectivity index (χ0v) is 10.3. The van der Waals surface area contributed by atoms with Crippen LogP contribution in [0.1, 0.15) is 26.0 Å². The molecular weight excluding hydrogens is 200 g/mol. The highest BCUT2D eigenvalue weighted by Crippen LogP contribution is 2.20. The highest BCUT2D eigenvalue weighted by molar-refractivity contribution is 5.01. The normalized spacial score (nSPS) is 23.8. The van der Waals surface area contributed by atoms with Gasteiger partial charge in [-0.05, 0) is 38.8 Å². The first kappa shape index (κ1) is 11.6. The van der Waals surface area contributed by atoms with E-state index in [1.807, 2.05) is 6.20 Å². The Hall–Kier alpha value is -0.870. The van der Waals surface area contributed by atoms with E-state index in [4.69, 9.17) is 5.73 Å². The summed E-state index contributed by atoms with van der Waals surface area (Å²) in [5, 5.41) is 4.30. The van der Waals surface area contributed by atoms with Crippen LogP contribution in [0, 0.1) is 5.92 Å². The topological polar surface area (TPSA) is 47.1 Å². The molecule has 1 aliphatic heterocycles. The lowest BCUT2D eigenvalue weighted by Crippen LogP contribution is -2.30. The van der Waals surface area contributed by atoms with Crippen LogP contribution >= 0.6 is 0 Å². The molecule has 0 saturated carbocycles. The number of hydrogen-bond acceptors (Lipinski definition) is 3. The molecule has 4 nitrogen and oxygen atoms in total. The van der Waals surface area contributed by atoms with Crippen LogP contribution in [0.2, 0.25) is 0 Å². The average molecular weight is 222 g/mol. The van der Waals surface area contributed by atoms with E-state index in [1.54, 1.807) is 0 Å². The van der Waals surface area contributed by atoms with Crippen molar-refractivity contribution in [3.63, 3.8) is 0 Å². The van der Waals surface area contributed by atoms with Crippen molar-refractivity contribution in [3.05, 3.63) is 18.0 Å². The van der Waals surface area contributed by atoms with Crippen molar-refractivity contribution in [1.29, 1.82) is 0 Å². The van der Waals surface area contributed by atoms with Gasteiger partial charge >= 0.3 is 0 Å². The number of nitrogens with two attached hydrogens (primary N) is 1. The van der Waals surface area contributed by atoms with E-state index in [0.717, 1.165) is 19.6 Å². The van der Waals surface area contributed by atoms with Gasteiger partial charge < -0.3 is 5.73 Å². The van der Waals surface area contributed by atoms with Crippen molar-refractivity contribution in [2.45, 2.75) is 39.4 Å². The van der Waals surface area contributed by atoms with E-state index in [-0.39, 0.29) is 0 Å². The van der Waals surface area contributed by atoms with Crippen molar-refractivity contribution in [2.24, 2.45) is 11.7 Å². The van der Waals surface area contributed by atoms with E-state index in [2.05, 4.69) is 34.6 Å². The third kappa shape index (κ3) is 2.44. The minimum Gasteiger partial charge on any atom is -0.328 e. The predicted molar refractivity (Wildman–Crippen MR) is 64.9 cm³/mol. The Morgan fingerprint density at radius 1 is 1.62 bits per heavy atom. The molecule has 1 fully saturated rings. The fourth-order valence-corrected chi connectivity index (χ4v) is 2.44. The number of nitrogens with zero attached hydrogens (tertiary/aromatic N) is 3. The van der Waals surface area contributed by atoms with Crippen LogP contribution in [0.4, 0.5) is 0 Å². The van der Waals surface area contributed by atoms with Crippen LogP contribution in [0.5, 0.6) is 0 Å². The molecule has 1 aliphatic rings. The largest absolute Gasteiger partial charge is 0.328 e. The van der Waals surface area contributed by atoms with Crippen molar-refractivity contribution >= 4 is 0 Å². The van der Waals surface area contributed by atoms with Gasteiger partial charge in [0.05, 0.1) is 5.69 Å². The van der Waals surface area contributed by atoms with Crippen LogP contribution in [0.25, 0.3) is 0 Å². The molecule has 2 N–H and O–H groups in total. The molecule has 2 heterocycles. The van der Waals surface area contributed by atoms with Gasteiger partial charge in [-0.15, -0.1) is 0 Å². The molecule has 2 atom stereocenters. The minimum absolute atomic E-state index is 0.320. The highest BCUT2D eigenvalue weighted by atomic mass is 15.3. The van der Waals surface area contributed by atoms with Crippen LogP contribution in [-0.2, 0) is 13.1 Å². The average Bonchev–Trinajstić information content (AvgIpc) is 2.87. The molecule has 0 aliphatic carbocycles. The first-order valence-electron chi connectivity index (χ1n) is 6.19. The van der Waals surface area contributed by atoms with Crippen molar-refractivity contribution in [1.82, 2.24) is 14.7 Å². The zero-order valence-electron chi connectivity index (χ0n) is 10.3. The Bertz CT molecular complexity index is 332. The molecule has 0 amide bonds. The van der Waals surface area contributed by atoms with Crippen LogP contribution < -0.4 is 5.73 Å². The summed E-state index contributed by atoms with van der Waals surface area (Å²) in [7, 11) is 0. The molecule has 0 aromatic carbocycles. The maximum Gasteiger partial charge on any atom is 0.0524 e. The van der Waals surface area contributed by atoms with Crippen molar-refractivity contribution in [2.75, 3.05) is 13.1 Å². The number of aryl methyl sites for hydroxylation is 1. The molecule has 0 spiro atoms.